The fourth-order valence-electron chi connectivity index (χ4n) is 3.96. The summed E-state index contributed by atoms with van der Waals surface area (Å²) in [6.07, 6.45) is 0. The lowest BCUT2D eigenvalue weighted by atomic mass is 9.98. The zero-order chi connectivity index (χ0) is 19.6. The predicted molar refractivity (Wildman–Crippen MR) is 123 cm³/mol. The van der Waals surface area contributed by atoms with Gasteiger partial charge in [0.25, 0.3) is 0 Å². The topological polar surface area (TPSA) is 12.5 Å². The normalized spacial score (nSPS) is 10.9. The van der Waals surface area contributed by atoms with E-state index in [1.165, 1.54) is 16.2 Å². The third-order valence-corrected chi connectivity index (χ3v) is 5.32. The van der Waals surface area contributed by atoms with Crippen molar-refractivity contribution in [3.63, 3.8) is 0 Å². The maximum absolute atomic E-state index is 5.56. The number of anilines is 3. The van der Waals surface area contributed by atoms with E-state index in [0.717, 1.165) is 28.2 Å². The molecule has 0 saturated carbocycles. The molecule has 2 heteroatoms. The first kappa shape index (κ1) is 17.3. The van der Waals surface area contributed by atoms with Crippen molar-refractivity contribution in [1.82, 2.24) is 0 Å². The van der Waals surface area contributed by atoms with E-state index in [4.69, 9.17) is 4.74 Å². The second-order valence-electron chi connectivity index (χ2n) is 7.03. The van der Waals surface area contributed by atoms with Crippen LogP contribution in [0.1, 0.15) is 0 Å². The van der Waals surface area contributed by atoms with Crippen molar-refractivity contribution in [1.29, 1.82) is 0 Å². The van der Waals surface area contributed by atoms with Crippen LogP contribution < -0.4 is 9.64 Å². The molecule has 0 heterocycles. The second-order valence-corrected chi connectivity index (χ2v) is 7.03. The van der Waals surface area contributed by atoms with E-state index in [2.05, 4.69) is 95.9 Å². The van der Waals surface area contributed by atoms with Crippen LogP contribution >= 0.6 is 0 Å². The van der Waals surface area contributed by atoms with Gasteiger partial charge in [-0.05, 0) is 64.7 Å². The van der Waals surface area contributed by atoms with Gasteiger partial charge in [-0.25, -0.2) is 0 Å². The molecule has 0 aliphatic carbocycles. The molecule has 5 aromatic carbocycles. The van der Waals surface area contributed by atoms with Crippen LogP contribution in [0.5, 0.6) is 5.75 Å². The number of fused-ring (bicyclic) bond motifs is 3. The third-order valence-electron chi connectivity index (χ3n) is 5.32. The molecule has 0 N–H and O–H groups in total. The van der Waals surface area contributed by atoms with E-state index in [1.807, 2.05) is 18.2 Å². The van der Waals surface area contributed by atoms with Crippen molar-refractivity contribution in [2.75, 3.05) is 12.0 Å². The summed E-state index contributed by atoms with van der Waals surface area (Å²) < 4.78 is 5.56. The van der Waals surface area contributed by atoms with Crippen molar-refractivity contribution < 1.29 is 4.74 Å². The van der Waals surface area contributed by atoms with Crippen LogP contribution in [-0.2, 0) is 0 Å². The average Bonchev–Trinajstić information content (AvgIpc) is 2.80. The van der Waals surface area contributed by atoms with Gasteiger partial charge in [0.2, 0.25) is 0 Å². The summed E-state index contributed by atoms with van der Waals surface area (Å²) in [6.45, 7) is 0. The molecule has 0 radical (unpaired) electrons. The molecule has 0 amide bonds. The van der Waals surface area contributed by atoms with Crippen LogP contribution in [0.2, 0.25) is 0 Å². The van der Waals surface area contributed by atoms with E-state index >= 15 is 0 Å². The van der Waals surface area contributed by atoms with E-state index in [9.17, 15) is 0 Å². The van der Waals surface area contributed by atoms with Crippen LogP contribution in [0, 0.1) is 0 Å². The van der Waals surface area contributed by atoms with Gasteiger partial charge in [0, 0.05) is 16.8 Å². The summed E-state index contributed by atoms with van der Waals surface area (Å²) in [5.41, 5.74) is 3.38. The van der Waals surface area contributed by atoms with Crippen molar-refractivity contribution in [2.24, 2.45) is 0 Å². The Morgan fingerprint density at radius 3 is 1.83 bits per heavy atom. The quantitative estimate of drug-likeness (QED) is 0.302. The monoisotopic (exact) mass is 375 g/mol. The fourth-order valence-corrected chi connectivity index (χ4v) is 3.96. The molecule has 5 aromatic rings. The Hall–Kier alpha value is -3.78. The molecule has 0 unspecified atom stereocenters. The van der Waals surface area contributed by atoms with Gasteiger partial charge in [-0.1, -0.05) is 60.7 Å². The van der Waals surface area contributed by atoms with Crippen LogP contribution in [0.15, 0.2) is 109 Å². The summed E-state index contributed by atoms with van der Waals surface area (Å²) in [7, 11) is 1.72. The third kappa shape index (κ3) is 3.09. The van der Waals surface area contributed by atoms with Crippen molar-refractivity contribution in [3.8, 4) is 5.75 Å². The zero-order valence-corrected chi connectivity index (χ0v) is 16.2. The number of nitrogens with zero attached hydrogens (tertiary/aromatic N) is 1. The molecule has 29 heavy (non-hydrogen) atoms. The highest BCUT2D eigenvalue weighted by Crippen LogP contribution is 2.42. The molecule has 0 saturated heterocycles. The average molecular weight is 375 g/mol. The number of rotatable bonds is 4. The first-order valence-corrected chi connectivity index (χ1v) is 9.75. The molecule has 0 fully saturated rings. The highest BCUT2D eigenvalue weighted by molar-refractivity contribution is 6.14. The molecular weight excluding hydrogens is 354 g/mol. The molecular formula is C27H21NO. The molecule has 0 aromatic heterocycles. The maximum atomic E-state index is 5.56. The van der Waals surface area contributed by atoms with Gasteiger partial charge in [-0.2, -0.15) is 0 Å². The minimum absolute atomic E-state index is 0.857. The Labute approximate surface area is 170 Å². The first-order valence-electron chi connectivity index (χ1n) is 9.75. The van der Waals surface area contributed by atoms with Gasteiger partial charge in [0.1, 0.15) is 5.75 Å². The van der Waals surface area contributed by atoms with Gasteiger partial charge in [-0.3, -0.25) is 0 Å². The Bertz CT molecular complexity index is 1240. The summed E-state index contributed by atoms with van der Waals surface area (Å²) in [6, 6.07) is 38.2. The minimum atomic E-state index is 0.857. The summed E-state index contributed by atoms with van der Waals surface area (Å²) >= 11 is 0. The zero-order valence-electron chi connectivity index (χ0n) is 16.2. The van der Waals surface area contributed by atoms with Gasteiger partial charge in [0.05, 0.1) is 12.8 Å². The first-order chi connectivity index (χ1) is 14.3. The molecule has 0 bridgehead atoms. The molecule has 0 aliphatic heterocycles. The molecule has 0 aliphatic rings. The second kappa shape index (κ2) is 7.33. The lowest BCUT2D eigenvalue weighted by molar-refractivity contribution is 0.415. The van der Waals surface area contributed by atoms with Crippen LogP contribution in [0.3, 0.4) is 0 Å². The van der Waals surface area contributed by atoms with Crippen LogP contribution in [0.4, 0.5) is 17.1 Å². The van der Waals surface area contributed by atoms with Crippen LogP contribution in [-0.4, -0.2) is 7.11 Å². The van der Waals surface area contributed by atoms with Crippen LogP contribution in [0.25, 0.3) is 21.5 Å². The number of para-hydroxylation sites is 2. The highest BCUT2D eigenvalue weighted by Gasteiger charge is 2.17. The largest absolute Gasteiger partial charge is 0.497 e. The number of ether oxygens (including phenoxy) is 1. The standard InChI is InChI=1S/C27H21NO/c1-29-23-16-17-25-24-15-9-8-10-20(24)18-27(26(25)19-23)28(21-11-4-2-5-12-21)22-13-6-3-7-14-22/h2-19H,1H3. The van der Waals surface area contributed by atoms with E-state index in [0.29, 0.717) is 0 Å². The highest BCUT2D eigenvalue weighted by atomic mass is 16.5. The predicted octanol–water partition coefficient (Wildman–Crippen LogP) is 7.47. The van der Waals surface area contributed by atoms with E-state index < -0.39 is 0 Å². The SMILES string of the molecule is COc1ccc2c(c1)c(N(c1ccccc1)c1ccccc1)cc1ccccc12. The lowest BCUT2D eigenvalue weighted by Gasteiger charge is -2.27. The van der Waals surface area contributed by atoms with Crippen molar-refractivity contribution >= 4 is 38.6 Å². The van der Waals surface area contributed by atoms with E-state index in [1.54, 1.807) is 7.11 Å². The summed E-state index contributed by atoms with van der Waals surface area (Å²) in [5.74, 6) is 0.857. The Morgan fingerprint density at radius 1 is 0.552 bits per heavy atom. The number of benzene rings is 5. The molecule has 0 atom stereocenters. The summed E-state index contributed by atoms with van der Waals surface area (Å²) in [4.78, 5) is 2.31. The smallest absolute Gasteiger partial charge is 0.119 e. The minimum Gasteiger partial charge on any atom is -0.497 e. The lowest BCUT2D eigenvalue weighted by Crippen LogP contribution is -2.10. The molecule has 140 valence electrons. The van der Waals surface area contributed by atoms with Gasteiger partial charge >= 0.3 is 0 Å². The summed E-state index contributed by atoms with van der Waals surface area (Å²) in [5, 5.41) is 4.85. The van der Waals surface area contributed by atoms with Crippen molar-refractivity contribution in [3.05, 3.63) is 109 Å². The maximum Gasteiger partial charge on any atom is 0.119 e. The van der Waals surface area contributed by atoms with Gasteiger partial charge in [0.15, 0.2) is 0 Å². The number of methoxy groups -OCH3 is 1. The number of hydrogen-bond acceptors (Lipinski definition) is 2. The Kier molecular flexibility index (Phi) is 4.38. The fraction of sp³-hybridized carbons (Fsp3) is 0.0370. The van der Waals surface area contributed by atoms with Gasteiger partial charge in [-0.15, -0.1) is 0 Å². The molecule has 5 rings (SSSR count). The molecule has 2 nitrogen and oxygen atoms in total. The Balaban J connectivity index is 1.89. The Morgan fingerprint density at radius 2 is 1.17 bits per heavy atom. The van der Waals surface area contributed by atoms with Gasteiger partial charge < -0.3 is 9.64 Å². The molecule has 0 spiro atoms. The number of hydrogen-bond donors (Lipinski definition) is 0. The van der Waals surface area contributed by atoms with E-state index in [-0.39, 0.29) is 0 Å². The van der Waals surface area contributed by atoms with Crippen molar-refractivity contribution in [2.45, 2.75) is 0 Å².